The molecular formula is C21H19N3S. The zero-order valence-electron chi connectivity index (χ0n) is 14.1. The largest absolute Gasteiger partial charge is 0.303 e. The Hall–Kier alpha value is -2.59. The van der Waals surface area contributed by atoms with Crippen molar-refractivity contribution in [2.45, 2.75) is 18.4 Å². The summed E-state index contributed by atoms with van der Waals surface area (Å²) in [6, 6.07) is 18.9. The fourth-order valence-electron chi connectivity index (χ4n) is 2.91. The van der Waals surface area contributed by atoms with E-state index >= 15 is 0 Å². The maximum Gasteiger partial charge on any atom is 0.137 e. The van der Waals surface area contributed by atoms with Gasteiger partial charge in [-0.25, -0.2) is 4.98 Å². The second-order valence-corrected chi connectivity index (χ2v) is 7.05. The quantitative estimate of drug-likeness (QED) is 0.502. The normalized spacial score (nSPS) is 11.1. The fourth-order valence-corrected chi connectivity index (χ4v) is 3.91. The molecule has 3 nitrogen and oxygen atoms in total. The Balaban J connectivity index is 1.68. The Morgan fingerprint density at radius 1 is 1.00 bits per heavy atom. The lowest BCUT2D eigenvalue weighted by molar-refractivity contribution is 1.09. The van der Waals surface area contributed by atoms with E-state index in [1.54, 1.807) is 6.20 Å². The highest BCUT2D eigenvalue weighted by atomic mass is 32.2. The third kappa shape index (κ3) is 3.44. The predicted octanol–water partition coefficient (Wildman–Crippen LogP) is 5.14. The molecule has 0 aliphatic carbocycles. The molecule has 0 spiro atoms. The first-order valence-corrected chi connectivity index (χ1v) is 9.46. The van der Waals surface area contributed by atoms with Gasteiger partial charge in [0.1, 0.15) is 5.65 Å². The van der Waals surface area contributed by atoms with E-state index in [2.05, 4.69) is 71.0 Å². The minimum Gasteiger partial charge on any atom is -0.303 e. The van der Waals surface area contributed by atoms with Gasteiger partial charge in [-0.15, -0.1) is 0 Å². The van der Waals surface area contributed by atoms with E-state index in [0.717, 1.165) is 28.4 Å². The number of imidazole rings is 1. The number of aryl methyl sites for hydroxylation is 1. The van der Waals surface area contributed by atoms with Crippen LogP contribution in [0.15, 0.2) is 73.2 Å². The highest BCUT2D eigenvalue weighted by Crippen LogP contribution is 2.28. The van der Waals surface area contributed by atoms with Crippen LogP contribution in [0, 0.1) is 6.92 Å². The fraction of sp³-hybridized carbons (Fsp3) is 0.143. The highest BCUT2D eigenvalue weighted by Gasteiger charge is 2.14. The molecule has 0 aliphatic heterocycles. The van der Waals surface area contributed by atoms with Gasteiger partial charge in [0.2, 0.25) is 0 Å². The van der Waals surface area contributed by atoms with E-state index in [4.69, 9.17) is 4.98 Å². The minimum absolute atomic E-state index is 0.906. The van der Waals surface area contributed by atoms with E-state index in [1.165, 1.54) is 16.8 Å². The summed E-state index contributed by atoms with van der Waals surface area (Å²) in [5.41, 5.74) is 6.88. The zero-order valence-corrected chi connectivity index (χ0v) is 14.9. The zero-order chi connectivity index (χ0) is 17.1. The van der Waals surface area contributed by atoms with Crippen molar-refractivity contribution < 1.29 is 0 Å². The summed E-state index contributed by atoms with van der Waals surface area (Å²) in [5.74, 6) is 1.90. The average Bonchev–Trinajstić information content (AvgIpc) is 3.01. The molecule has 0 radical (unpaired) electrons. The van der Waals surface area contributed by atoms with Crippen molar-refractivity contribution >= 4 is 17.4 Å². The van der Waals surface area contributed by atoms with Crippen LogP contribution < -0.4 is 0 Å². The lowest BCUT2D eigenvalue weighted by atomic mass is 10.2. The van der Waals surface area contributed by atoms with Crippen LogP contribution in [0.4, 0.5) is 0 Å². The number of hydrogen-bond donors (Lipinski definition) is 0. The lowest BCUT2D eigenvalue weighted by Crippen LogP contribution is -1.94. The Kier molecular flexibility index (Phi) is 4.53. The molecule has 0 N–H and O–H groups in total. The number of aromatic nitrogens is 3. The van der Waals surface area contributed by atoms with E-state index in [1.807, 2.05) is 24.0 Å². The van der Waals surface area contributed by atoms with Gasteiger partial charge in [-0.2, -0.15) is 11.8 Å². The topological polar surface area (TPSA) is 30.2 Å². The average molecular weight is 345 g/mol. The van der Waals surface area contributed by atoms with E-state index in [-0.39, 0.29) is 0 Å². The van der Waals surface area contributed by atoms with E-state index in [0.29, 0.717) is 0 Å². The van der Waals surface area contributed by atoms with Crippen molar-refractivity contribution in [2.24, 2.45) is 0 Å². The summed E-state index contributed by atoms with van der Waals surface area (Å²) in [6.07, 6.45) is 5.81. The Labute approximate surface area is 151 Å². The van der Waals surface area contributed by atoms with Crippen molar-refractivity contribution in [3.8, 4) is 11.3 Å². The van der Waals surface area contributed by atoms with Crippen LogP contribution in [0.3, 0.4) is 0 Å². The number of pyridine rings is 2. The highest BCUT2D eigenvalue weighted by molar-refractivity contribution is 7.97. The van der Waals surface area contributed by atoms with Gasteiger partial charge >= 0.3 is 0 Å². The number of nitrogens with zero attached hydrogens (tertiary/aromatic N) is 3. The van der Waals surface area contributed by atoms with Gasteiger partial charge in [-0.1, -0.05) is 30.3 Å². The summed E-state index contributed by atoms with van der Waals surface area (Å²) in [6.45, 7) is 2.10. The van der Waals surface area contributed by atoms with Crippen LogP contribution in [0.5, 0.6) is 0 Å². The Morgan fingerprint density at radius 2 is 1.88 bits per heavy atom. The molecular weight excluding hydrogens is 326 g/mol. The summed E-state index contributed by atoms with van der Waals surface area (Å²) >= 11 is 1.91. The van der Waals surface area contributed by atoms with Crippen LogP contribution in [0.1, 0.15) is 16.8 Å². The molecule has 0 amide bonds. The number of rotatable bonds is 5. The maximum atomic E-state index is 4.88. The van der Waals surface area contributed by atoms with E-state index < -0.39 is 0 Å². The molecule has 1 aromatic carbocycles. The summed E-state index contributed by atoms with van der Waals surface area (Å²) in [7, 11) is 0. The SMILES string of the molecule is Cc1ccn2c(CSCc3ccccc3)c(-c3cccnc3)nc2c1. The van der Waals surface area contributed by atoms with E-state index in [9.17, 15) is 0 Å². The smallest absolute Gasteiger partial charge is 0.137 e. The van der Waals surface area contributed by atoms with Crippen LogP contribution >= 0.6 is 11.8 Å². The number of benzene rings is 1. The molecule has 0 unspecified atom stereocenters. The van der Waals surface area contributed by atoms with Crippen molar-refractivity contribution in [3.63, 3.8) is 0 Å². The Bertz CT molecular complexity index is 978. The van der Waals surface area contributed by atoms with Gasteiger partial charge in [-0.05, 0) is 42.3 Å². The predicted molar refractivity (Wildman–Crippen MR) is 105 cm³/mol. The second kappa shape index (κ2) is 7.11. The third-order valence-electron chi connectivity index (χ3n) is 4.17. The molecule has 4 heteroatoms. The first kappa shape index (κ1) is 15.9. The molecule has 0 bridgehead atoms. The molecule has 0 fully saturated rings. The second-order valence-electron chi connectivity index (χ2n) is 6.06. The lowest BCUT2D eigenvalue weighted by Gasteiger charge is -2.06. The molecule has 0 saturated carbocycles. The molecule has 0 atom stereocenters. The molecule has 3 heterocycles. The first-order chi connectivity index (χ1) is 12.3. The summed E-state index contributed by atoms with van der Waals surface area (Å²) < 4.78 is 2.20. The Morgan fingerprint density at radius 3 is 2.68 bits per heavy atom. The molecule has 4 rings (SSSR count). The molecule has 3 aromatic heterocycles. The van der Waals surface area contributed by atoms with Gasteiger partial charge in [0.05, 0.1) is 11.4 Å². The maximum absolute atomic E-state index is 4.88. The summed E-state index contributed by atoms with van der Waals surface area (Å²) in [5, 5.41) is 0. The van der Waals surface area contributed by atoms with Crippen LogP contribution in [-0.4, -0.2) is 14.4 Å². The molecule has 0 saturated heterocycles. The van der Waals surface area contributed by atoms with Crippen LogP contribution in [0.25, 0.3) is 16.9 Å². The minimum atomic E-state index is 0.906. The van der Waals surface area contributed by atoms with Crippen molar-refractivity contribution in [3.05, 3.63) is 90.0 Å². The van der Waals surface area contributed by atoms with Crippen LogP contribution in [-0.2, 0) is 11.5 Å². The standard InChI is InChI=1S/C21H19N3S/c1-16-9-11-24-19(15-25-14-17-6-3-2-4-7-17)21(23-20(24)12-16)18-8-5-10-22-13-18/h2-13H,14-15H2,1H3. The molecule has 0 aliphatic rings. The first-order valence-electron chi connectivity index (χ1n) is 8.31. The van der Waals surface area contributed by atoms with Gasteiger partial charge in [-0.3, -0.25) is 4.98 Å². The van der Waals surface area contributed by atoms with Crippen molar-refractivity contribution in [1.82, 2.24) is 14.4 Å². The van der Waals surface area contributed by atoms with Gasteiger partial charge in [0.15, 0.2) is 0 Å². The monoisotopic (exact) mass is 345 g/mol. The number of fused-ring (bicyclic) bond motifs is 1. The van der Waals surface area contributed by atoms with Gasteiger partial charge in [0, 0.05) is 35.7 Å². The molecule has 124 valence electrons. The van der Waals surface area contributed by atoms with Crippen molar-refractivity contribution in [2.75, 3.05) is 0 Å². The number of hydrogen-bond acceptors (Lipinski definition) is 3. The van der Waals surface area contributed by atoms with Gasteiger partial charge in [0.25, 0.3) is 0 Å². The molecule has 25 heavy (non-hydrogen) atoms. The third-order valence-corrected chi connectivity index (χ3v) is 5.18. The molecule has 4 aromatic rings. The van der Waals surface area contributed by atoms with Crippen molar-refractivity contribution in [1.29, 1.82) is 0 Å². The van der Waals surface area contributed by atoms with Crippen LogP contribution in [0.2, 0.25) is 0 Å². The summed E-state index contributed by atoms with van der Waals surface area (Å²) in [4.78, 5) is 9.14. The van der Waals surface area contributed by atoms with Gasteiger partial charge < -0.3 is 4.40 Å². The number of thioether (sulfide) groups is 1.